The molecule has 0 spiro atoms. The van der Waals surface area contributed by atoms with E-state index in [4.69, 9.17) is 0 Å². The first-order chi connectivity index (χ1) is 8.15. The maximum atomic E-state index is 12.2. The maximum Gasteiger partial charge on any atom is 0.387 e. The van der Waals surface area contributed by atoms with Crippen molar-refractivity contribution in [2.45, 2.75) is 13.0 Å². The van der Waals surface area contributed by atoms with E-state index in [1.807, 2.05) is 19.3 Å². The Morgan fingerprint density at radius 2 is 2.06 bits per heavy atom. The van der Waals surface area contributed by atoms with Gasteiger partial charge in [-0.2, -0.15) is 13.9 Å². The van der Waals surface area contributed by atoms with Crippen LogP contribution in [0.25, 0.3) is 0 Å². The first-order valence-electron chi connectivity index (χ1n) is 5.16. The zero-order valence-corrected chi connectivity index (χ0v) is 9.31. The highest BCUT2D eigenvalue weighted by Gasteiger charge is 2.10. The molecule has 0 amide bonds. The second-order valence-electron chi connectivity index (χ2n) is 3.64. The van der Waals surface area contributed by atoms with Gasteiger partial charge in [-0.15, -0.1) is 0 Å². The Morgan fingerprint density at radius 3 is 2.71 bits per heavy atom. The molecule has 0 N–H and O–H groups in total. The van der Waals surface area contributed by atoms with Gasteiger partial charge in [-0.25, -0.2) is 0 Å². The Labute approximate surface area is 97.6 Å². The SMILES string of the molecule is Cn1ccc(Cc2ccccc2OC(F)F)n1. The molecule has 2 rings (SSSR count). The molecular formula is C12H12F2N2O. The number of hydrogen-bond acceptors (Lipinski definition) is 2. The van der Waals surface area contributed by atoms with Gasteiger partial charge in [-0.1, -0.05) is 18.2 Å². The standard InChI is InChI=1S/C12H12F2N2O/c1-16-7-6-10(15-16)8-9-4-2-3-5-11(9)17-12(13)14/h2-7,12H,8H2,1H3. The number of benzene rings is 1. The number of aromatic nitrogens is 2. The van der Waals surface area contributed by atoms with Crippen molar-refractivity contribution in [2.75, 3.05) is 0 Å². The van der Waals surface area contributed by atoms with E-state index in [1.165, 1.54) is 6.07 Å². The monoisotopic (exact) mass is 238 g/mol. The number of nitrogens with zero attached hydrogens (tertiary/aromatic N) is 2. The topological polar surface area (TPSA) is 27.1 Å². The lowest BCUT2D eigenvalue weighted by molar-refractivity contribution is -0.0503. The van der Waals surface area contributed by atoms with Crippen molar-refractivity contribution in [3.63, 3.8) is 0 Å². The Kier molecular flexibility index (Phi) is 3.37. The highest BCUT2D eigenvalue weighted by molar-refractivity contribution is 5.36. The summed E-state index contributed by atoms with van der Waals surface area (Å²) in [6, 6.07) is 8.59. The van der Waals surface area contributed by atoms with Crippen molar-refractivity contribution < 1.29 is 13.5 Å². The summed E-state index contributed by atoms with van der Waals surface area (Å²) in [7, 11) is 1.81. The Bertz CT molecular complexity index is 497. The number of halogens is 2. The molecule has 0 saturated heterocycles. The number of aryl methyl sites for hydroxylation is 1. The fraction of sp³-hybridized carbons (Fsp3) is 0.250. The van der Waals surface area contributed by atoms with Crippen molar-refractivity contribution in [1.82, 2.24) is 9.78 Å². The molecule has 1 aromatic carbocycles. The lowest BCUT2D eigenvalue weighted by atomic mass is 10.1. The third-order valence-electron chi connectivity index (χ3n) is 2.33. The van der Waals surface area contributed by atoms with Gasteiger partial charge in [0.25, 0.3) is 0 Å². The average Bonchev–Trinajstić information content (AvgIpc) is 2.66. The Balaban J connectivity index is 2.20. The van der Waals surface area contributed by atoms with Gasteiger partial charge in [0.15, 0.2) is 0 Å². The van der Waals surface area contributed by atoms with E-state index in [1.54, 1.807) is 22.9 Å². The summed E-state index contributed by atoms with van der Waals surface area (Å²) in [6.07, 6.45) is 2.29. The van der Waals surface area contributed by atoms with Crippen LogP contribution in [0.15, 0.2) is 36.5 Å². The second-order valence-corrected chi connectivity index (χ2v) is 3.64. The summed E-state index contributed by atoms with van der Waals surface area (Å²) >= 11 is 0. The van der Waals surface area contributed by atoms with Gasteiger partial charge >= 0.3 is 6.61 Å². The van der Waals surface area contributed by atoms with Gasteiger partial charge in [0.2, 0.25) is 0 Å². The average molecular weight is 238 g/mol. The Hall–Kier alpha value is -1.91. The minimum atomic E-state index is -2.81. The molecule has 90 valence electrons. The van der Waals surface area contributed by atoms with Crippen LogP contribution in [0.1, 0.15) is 11.3 Å². The van der Waals surface area contributed by atoms with Gasteiger partial charge in [-0.05, 0) is 12.1 Å². The van der Waals surface area contributed by atoms with Crippen molar-refractivity contribution in [3.05, 3.63) is 47.8 Å². The van der Waals surface area contributed by atoms with Gasteiger partial charge in [0.1, 0.15) is 5.75 Å². The van der Waals surface area contributed by atoms with Gasteiger partial charge in [0, 0.05) is 25.2 Å². The summed E-state index contributed by atoms with van der Waals surface area (Å²) in [6.45, 7) is -2.81. The minimum absolute atomic E-state index is 0.202. The molecular weight excluding hydrogens is 226 g/mol. The second kappa shape index (κ2) is 4.95. The third kappa shape index (κ3) is 3.03. The number of rotatable bonds is 4. The number of para-hydroxylation sites is 1. The molecule has 3 nitrogen and oxygen atoms in total. The molecule has 0 aliphatic carbocycles. The smallest absolute Gasteiger partial charge is 0.387 e. The number of alkyl halides is 2. The largest absolute Gasteiger partial charge is 0.435 e. The molecule has 0 bridgehead atoms. The number of ether oxygens (including phenoxy) is 1. The van der Waals surface area contributed by atoms with Crippen molar-refractivity contribution in [2.24, 2.45) is 7.05 Å². The summed E-state index contributed by atoms with van der Waals surface area (Å²) in [4.78, 5) is 0. The van der Waals surface area contributed by atoms with Crippen LogP contribution in [0.2, 0.25) is 0 Å². The molecule has 1 heterocycles. The van der Waals surface area contributed by atoms with E-state index >= 15 is 0 Å². The van der Waals surface area contributed by atoms with Crippen molar-refractivity contribution in [1.29, 1.82) is 0 Å². The van der Waals surface area contributed by atoms with E-state index in [9.17, 15) is 8.78 Å². The highest BCUT2D eigenvalue weighted by Crippen LogP contribution is 2.22. The molecule has 0 fully saturated rings. The summed E-state index contributed by atoms with van der Waals surface area (Å²) in [5.41, 5.74) is 1.52. The molecule has 0 atom stereocenters. The lowest BCUT2D eigenvalue weighted by Gasteiger charge is -2.09. The van der Waals surface area contributed by atoms with Crippen LogP contribution in [-0.2, 0) is 13.5 Å². The molecule has 17 heavy (non-hydrogen) atoms. The maximum absolute atomic E-state index is 12.2. The van der Waals surface area contributed by atoms with Gasteiger partial charge in [0.05, 0.1) is 5.69 Å². The number of hydrogen-bond donors (Lipinski definition) is 0. The van der Waals surface area contributed by atoms with Crippen LogP contribution in [0.4, 0.5) is 8.78 Å². The zero-order chi connectivity index (χ0) is 12.3. The zero-order valence-electron chi connectivity index (χ0n) is 9.31. The van der Waals surface area contributed by atoms with Crippen LogP contribution >= 0.6 is 0 Å². The minimum Gasteiger partial charge on any atom is -0.435 e. The van der Waals surface area contributed by atoms with E-state index in [0.717, 1.165) is 5.69 Å². The first-order valence-corrected chi connectivity index (χ1v) is 5.16. The quantitative estimate of drug-likeness (QED) is 0.818. The molecule has 2 aromatic rings. The van der Waals surface area contributed by atoms with E-state index in [-0.39, 0.29) is 5.75 Å². The van der Waals surface area contributed by atoms with Crippen LogP contribution < -0.4 is 4.74 Å². The lowest BCUT2D eigenvalue weighted by Crippen LogP contribution is -2.05. The van der Waals surface area contributed by atoms with E-state index in [0.29, 0.717) is 12.0 Å². The summed E-state index contributed by atoms with van der Waals surface area (Å²) in [5, 5.41) is 4.20. The third-order valence-corrected chi connectivity index (χ3v) is 2.33. The van der Waals surface area contributed by atoms with Crippen molar-refractivity contribution >= 4 is 0 Å². The first kappa shape index (κ1) is 11.6. The predicted molar refractivity (Wildman–Crippen MR) is 59.1 cm³/mol. The summed E-state index contributed by atoms with van der Waals surface area (Å²) < 4.78 is 30.5. The Morgan fingerprint density at radius 1 is 1.29 bits per heavy atom. The molecule has 0 aliphatic heterocycles. The molecule has 0 aliphatic rings. The fourth-order valence-corrected chi connectivity index (χ4v) is 1.61. The van der Waals surface area contributed by atoms with Crippen LogP contribution in [-0.4, -0.2) is 16.4 Å². The van der Waals surface area contributed by atoms with Crippen LogP contribution in [0.3, 0.4) is 0 Å². The highest BCUT2D eigenvalue weighted by atomic mass is 19.3. The summed E-state index contributed by atoms with van der Waals surface area (Å²) in [5.74, 6) is 0.202. The van der Waals surface area contributed by atoms with Crippen LogP contribution in [0, 0.1) is 0 Å². The fourth-order valence-electron chi connectivity index (χ4n) is 1.61. The van der Waals surface area contributed by atoms with Gasteiger partial charge in [-0.3, -0.25) is 4.68 Å². The molecule has 0 saturated carbocycles. The molecule has 1 aromatic heterocycles. The van der Waals surface area contributed by atoms with Gasteiger partial charge < -0.3 is 4.74 Å². The molecule has 5 heteroatoms. The normalized spacial score (nSPS) is 10.8. The predicted octanol–water partition coefficient (Wildman–Crippen LogP) is 2.61. The van der Waals surface area contributed by atoms with Crippen LogP contribution in [0.5, 0.6) is 5.75 Å². The molecule has 0 unspecified atom stereocenters. The van der Waals surface area contributed by atoms with Crippen molar-refractivity contribution in [3.8, 4) is 5.75 Å². The molecule has 0 radical (unpaired) electrons. The van der Waals surface area contributed by atoms with E-state index in [2.05, 4.69) is 9.84 Å². The van der Waals surface area contributed by atoms with E-state index < -0.39 is 6.61 Å².